The summed E-state index contributed by atoms with van der Waals surface area (Å²) in [6.45, 7) is 2.85. The summed E-state index contributed by atoms with van der Waals surface area (Å²) < 4.78 is 0. The van der Waals surface area contributed by atoms with E-state index in [-0.39, 0.29) is 24.1 Å². The second kappa shape index (κ2) is 6.67. The summed E-state index contributed by atoms with van der Waals surface area (Å²) in [6.07, 6.45) is 1.61. The zero-order chi connectivity index (χ0) is 13.5. The van der Waals surface area contributed by atoms with Crippen LogP contribution in [0.1, 0.15) is 13.3 Å². The van der Waals surface area contributed by atoms with E-state index in [0.717, 1.165) is 6.20 Å². The minimum Gasteiger partial charge on any atom is -0.396 e. The van der Waals surface area contributed by atoms with Crippen LogP contribution in [0.2, 0.25) is 0 Å². The number of nitrogens with zero attached hydrogens (tertiary/aromatic N) is 4. The van der Waals surface area contributed by atoms with Crippen LogP contribution >= 0.6 is 0 Å². The van der Waals surface area contributed by atoms with Gasteiger partial charge in [-0.3, -0.25) is 15.5 Å². The Bertz CT molecular complexity index is 413. The summed E-state index contributed by atoms with van der Waals surface area (Å²) >= 11 is 0. The SMILES string of the molecule is CCN(CCCO)c1nc(NN)ncc1[N+](=O)[O-]. The number of aliphatic hydroxyl groups is 1. The van der Waals surface area contributed by atoms with Gasteiger partial charge < -0.3 is 10.0 Å². The third-order valence-corrected chi connectivity index (χ3v) is 2.34. The molecule has 0 aliphatic heterocycles. The van der Waals surface area contributed by atoms with Gasteiger partial charge in [0.1, 0.15) is 6.20 Å². The molecule has 0 amide bonds. The van der Waals surface area contributed by atoms with Crippen LogP contribution in [0.3, 0.4) is 0 Å². The first-order valence-electron chi connectivity index (χ1n) is 5.47. The number of anilines is 2. The number of nitrogen functional groups attached to an aromatic ring is 1. The molecule has 0 bridgehead atoms. The Morgan fingerprint density at radius 1 is 1.67 bits per heavy atom. The van der Waals surface area contributed by atoms with Gasteiger partial charge in [0.15, 0.2) is 0 Å². The topological polar surface area (TPSA) is 130 Å². The molecule has 1 aromatic heterocycles. The predicted octanol–water partition coefficient (Wildman–Crippen LogP) is -0.121. The fraction of sp³-hybridized carbons (Fsp3) is 0.556. The number of nitrogens with one attached hydrogen (secondary N) is 1. The number of hydrogen-bond acceptors (Lipinski definition) is 8. The van der Waals surface area contributed by atoms with Crippen LogP contribution in [0.5, 0.6) is 0 Å². The Hall–Kier alpha value is -2.00. The first-order chi connectivity index (χ1) is 8.63. The van der Waals surface area contributed by atoms with E-state index in [0.29, 0.717) is 19.5 Å². The van der Waals surface area contributed by atoms with E-state index in [1.807, 2.05) is 6.92 Å². The number of rotatable bonds is 7. The molecule has 0 saturated carbocycles. The van der Waals surface area contributed by atoms with Crippen LogP contribution in [0.15, 0.2) is 6.20 Å². The number of nitro groups is 1. The quantitative estimate of drug-likeness (QED) is 0.349. The van der Waals surface area contributed by atoms with Gasteiger partial charge >= 0.3 is 5.69 Å². The molecule has 0 spiro atoms. The van der Waals surface area contributed by atoms with Gasteiger partial charge in [-0.05, 0) is 13.3 Å². The van der Waals surface area contributed by atoms with Crippen molar-refractivity contribution in [3.8, 4) is 0 Å². The summed E-state index contributed by atoms with van der Waals surface area (Å²) in [5.41, 5.74) is 2.06. The smallest absolute Gasteiger partial charge is 0.329 e. The Labute approximate surface area is 104 Å². The van der Waals surface area contributed by atoms with Gasteiger partial charge in [-0.15, -0.1) is 0 Å². The lowest BCUT2D eigenvalue weighted by molar-refractivity contribution is -0.384. The third-order valence-electron chi connectivity index (χ3n) is 2.34. The lowest BCUT2D eigenvalue weighted by atomic mass is 10.3. The maximum atomic E-state index is 10.9. The molecule has 1 heterocycles. The minimum absolute atomic E-state index is 0.0113. The van der Waals surface area contributed by atoms with Crippen molar-refractivity contribution < 1.29 is 10.0 Å². The summed E-state index contributed by atoms with van der Waals surface area (Å²) in [5.74, 6) is 5.49. The van der Waals surface area contributed by atoms with Gasteiger partial charge in [-0.2, -0.15) is 4.98 Å². The van der Waals surface area contributed by atoms with Crippen LogP contribution in [-0.4, -0.2) is 39.7 Å². The zero-order valence-corrected chi connectivity index (χ0v) is 10.0. The lowest BCUT2D eigenvalue weighted by Crippen LogP contribution is -2.27. The van der Waals surface area contributed by atoms with Gasteiger partial charge in [0.25, 0.3) is 0 Å². The third kappa shape index (κ3) is 3.25. The molecule has 18 heavy (non-hydrogen) atoms. The van der Waals surface area contributed by atoms with Crippen LogP contribution in [-0.2, 0) is 0 Å². The Morgan fingerprint density at radius 2 is 2.39 bits per heavy atom. The molecule has 0 fully saturated rings. The number of hydrazine groups is 1. The van der Waals surface area contributed by atoms with Crippen molar-refractivity contribution >= 4 is 17.5 Å². The molecule has 0 aliphatic carbocycles. The maximum absolute atomic E-state index is 10.9. The molecular weight excluding hydrogens is 240 g/mol. The van der Waals surface area contributed by atoms with Crippen LogP contribution < -0.4 is 16.2 Å². The van der Waals surface area contributed by atoms with E-state index in [1.165, 1.54) is 0 Å². The zero-order valence-electron chi connectivity index (χ0n) is 10.0. The molecule has 0 atom stereocenters. The van der Waals surface area contributed by atoms with Crippen molar-refractivity contribution in [3.05, 3.63) is 16.3 Å². The van der Waals surface area contributed by atoms with E-state index in [9.17, 15) is 10.1 Å². The predicted molar refractivity (Wildman–Crippen MR) is 66.1 cm³/mol. The van der Waals surface area contributed by atoms with Gasteiger partial charge in [0, 0.05) is 19.7 Å². The fourth-order valence-corrected chi connectivity index (χ4v) is 1.47. The largest absolute Gasteiger partial charge is 0.396 e. The molecule has 1 rings (SSSR count). The maximum Gasteiger partial charge on any atom is 0.329 e. The monoisotopic (exact) mass is 256 g/mol. The highest BCUT2D eigenvalue weighted by Gasteiger charge is 2.21. The van der Waals surface area contributed by atoms with E-state index in [4.69, 9.17) is 10.9 Å². The van der Waals surface area contributed by atoms with Crippen molar-refractivity contribution in [2.24, 2.45) is 5.84 Å². The van der Waals surface area contributed by atoms with Crippen molar-refractivity contribution in [1.82, 2.24) is 9.97 Å². The Kier molecular flexibility index (Phi) is 5.21. The Morgan fingerprint density at radius 3 is 2.89 bits per heavy atom. The molecule has 9 heteroatoms. The van der Waals surface area contributed by atoms with Crippen LogP contribution in [0, 0.1) is 10.1 Å². The molecule has 9 nitrogen and oxygen atoms in total. The summed E-state index contributed by atoms with van der Waals surface area (Å²) in [4.78, 5) is 19.8. The first-order valence-corrected chi connectivity index (χ1v) is 5.47. The Balaban J connectivity index is 3.11. The number of nitrogens with two attached hydrogens (primary N) is 1. The molecule has 1 aromatic rings. The molecule has 0 saturated heterocycles. The van der Waals surface area contributed by atoms with Gasteiger partial charge in [0.05, 0.1) is 4.92 Å². The molecule has 0 aromatic carbocycles. The van der Waals surface area contributed by atoms with Gasteiger partial charge in [0.2, 0.25) is 11.8 Å². The molecular formula is C9H16N6O3. The van der Waals surface area contributed by atoms with E-state index < -0.39 is 4.92 Å². The van der Waals surface area contributed by atoms with E-state index in [1.54, 1.807) is 4.90 Å². The summed E-state index contributed by atoms with van der Waals surface area (Å²) in [6, 6.07) is 0. The van der Waals surface area contributed by atoms with Crippen LogP contribution in [0.4, 0.5) is 17.5 Å². The van der Waals surface area contributed by atoms with Crippen molar-refractivity contribution in [2.75, 3.05) is 30.0 Å². The van der Waals surface area contributed by atoms with Crippen LogP contribution in [0.25, 0.3) is 0 Å². The van der Waals surface area contributed by atoms with Crippen molar-refractivity contribution in [2.45, 2.75) is 13.3 Å². The highest BCUT2D eigenvalue weighted by Crippen LogP contribution is 2.25. The van der Waals surface area contributed by atoms with Gasteiger partial charge in [-0.1, -0.05) is 0 Å². The van der Waals surface area contributed by atoms with E-state index in [2.05, 4.69) is 15.4 Å². The fourth-order valence-electron chi connectivity index (χ4n) is 1.47. The molecule has 4 N–H and O–H groups in total. The summed E-state index contributed by atoms with van der Waals surface area (Å²) in [5, 5.41) is 19.7. The normalized spacial score (nSPS) is 10.2. The van der Waals surface area contributed by atoms with Gasteiger partial charge in [-0.25, -0.2) is 10.8 Å². The molecule has 0 radical (unpaired) electrons. The standard InChI is InChI=1S/C9H16N6O3/c1-2-14(4-3-5-16)8-7(15(17)18)6-11-9(12-8)13-10/h6,16H,2-5,10H2,1H3,(H,11,12,13). The first kappa shape index (κ1) is 14.1. The molecule has 0 aliphatic rings. The minimum atomic E-state index is -0.544. The lowest BCUT2D eigenvalue weighted by Gasteiger charge is -2.21. The average Bonchev–Trinajstić information content (AvgIpc) is 2.39. The van der Waals surface area contributed by atoms with Crippen molar-refractivity contribution in [3.63, 3.8) is 0 Å². The molecule has 100 valence electrons. The highest BCUT2D eigenvalue weighted by atomic mass is 16.6. The number of hydrogen-bond donors (Lipinski definition) is 3. The van der Waals surface area contributed by atoms with Crippen molar-refractivity contribution in [1.29, 1.82) is 0 Å². The highest BCUT2D eigenvalue weighted by molar-refractivity contribution is 5.58. The second-order valence-corrected chi connectivity index (χ2v) is 3.46. The van der Waals surface area contributed by atoms with E-state index >= 15 is 0 Å². The number of aliphatic hydroxyl groups excluding tert-OH is 1. The second-order valence-electron chi connectivity index (χ2n) is 3.46. The summed E-state index contributed by atoms with van der Waals surface area (Å²) in [7, 11) is 0. The average molecular weight is 256 g/mol. The number of aromatic nitrogens is 2. The molecule has 0 unspecified atom stereocenters.